The Morgan fingerprint density at radius 1 is 1.15 bits per heavy atom. The minimum absolute atomic E-state index is 0.254. The van der Waals surface area contributed by atoms with Crippen molar-refractivity contribution < 1.29 is 14.7 Å². The van der Waals surface area contributed by atoms with Gasteiger partial charge in [0.25, 0.3) is 0 Å². The summed E-state index contributed by atoms with van der Waals surface area (Å²) in [5, 5.41) is 9.90. The molecule has 138 valence electrons. The first-order valence-corrected chi connectivity index (χ1v) is 8.58. The first-order valence-electron chi connectivity index (χ1n) is 8.20. The number of aliphatic carboxylic acids is 1. The van der Waals surface area contributed by atoms with Crippen LogP contribution in [0, 0.1) is 0 Å². The third kappa shape index (κ3) is 4.51. The molecule has 2 aromatic rings. The molecular weight excluding hydrogens is 368 g/mol. The average molecular weight is 385 g/mol. The lowest BCUT2D eigenvalue weighted by atomic mass is 10.0. The number of carbonyl (C=O) groups excluding carboxylic acids is 1. The number of para-hydroxylation sites is 1. The number of nitrogens with one attached hydrogen (secondary N) is 2. The smallest absolute Gasteiger partial charge is 0.306 e. The molecule has 2 aromatic carbocycles. The van der Waals surface area contributed by atoms with Gasteiger partial charge in [0.1, 0.15) is 11.9 Å². The molecule has 1 amide bonds. The fourth-order valence-corrected chi connectivity index (χ4v) is 2.80. The predicted molar refractivity (Wildman–Crippen MR) is 104 cm³/mol. The third-order valence-corrected chi connectivity index (χ3v) is 4.10. The van der Waals surface area contributed by atoms with Gasteiger partial charge in [0.2, 0.25) is 5.91 Å². The maximum absolute atomic E-state index is 11.4. The van der Waals surface area contributed by atoms with E-state index >= 15 is 0 Å². The number of carboxylic acid groups (broad SMARTS) is 1. The van der Waals surface area contributed by atoms with Crippen molar-refractivity contribution in [2.24, 2.45) is 9.98 Å². The topological polar surface area (TPSA) is 103 Å². The molecule has 3 rings (SSSR count). The molecule has 0 unspecified atom stereocenters. The summed E-state index contributed by atoms with van der Waals surface area (Å²) in [5.74, 6) is -1.10. The second kappa shape index (κ2) is 8.01. The molecule has 1 aliphatic rings. The standard InChI is InChI=1S/C19H17ClN4O3/c1-11(25)23-24-19-16(10-17(26)27)21-18(12-6-8-13(20)9-7-12)14-4-2-3-5-15(14)22-19/h2-9,16H,10H2,1H3,(H,22,24)(H,23,25)(H,26,27)/t16-/m0/s1. The minimum Gasteiger partial charge on any atom is -0.481 e. The van der Waals surface area contributed by atoms with Crippen molar-refractivity contribution in [1.82, 2.24) is 10.9 Å². The molecule has 27 heavy (non-hydrogen) atoms. The molecule has 1 aliphatic heterocycles. The van der Waals surface area contributed by atoms with Crippen LogP contribution in [0.2, 0.25) is 5.02 Å². The number of amidine groups is 1. The highest BCUT2D eigenvalue weighted by Gasteiger charge is 2.25. The summed E-state index contributed by atoms with van der Waals surface area (Å²) in [6.07, 6.45) is -0.281. The Kier molecular flexibility index (Phi) is 5.52. The lowest BCUT2D eigenvalue weighted by molar-refractivity contribution is -0.137. The average Bonchev–Trinajstić information content (AvgIpc) is 2.77. The van der Waals surface area contributed by atoms with Gasteiger partial charge in [-0.25, -0.2) is 4.99 Å². The molecule has 0 radical (unpaired) electrons. The van der Waals surface area contributed by atoms with Crippen LogP contribution in [-0.2, 0) is 9.59 Å². The zero-order valence-corrected chi connectivity index (χ0v) is 15.2. The minimum atomic E-state index is -1.03. The Labute approximate surface area is 160 Å². The van der Waals surface area contributed by atoms with Gasteiger partial charge in [-0.15, -0.1) is 0 Å². The zero-order chi connectivity index (χ0) is 19.4. The predicted octanol–water partition coefficient (Wildman–Crippen LogP) is 2.71. The largest absolute Gasteiger partial charge is 0.481 e. The quantitative estimate of drug-likeness (QED) is 0.708. The lowest BCUT2D eigenvalue weighted by Crippen LogP contribution is -2.45. The number of nitrogens with zero attached hydrogens (tertiary/aromatic N) is 2. The summed E-state index contributed by atoms with van der Waals surface area (Å²) < 4.78 is 0. The van der Waals surface area contributed by atoms with E-state index in [2.05, 4.69) is 20.8 Å². The molecule has 0 aliphatic carbocycles. The summed E-state index contributed by atoms with van der Waals surface area (Å²) in [7, 11) is 0. The molecule has 0 spiro atoms. The van der Waals surface area contributed by atoms with Crippen LogP contribution in [0.15, 0.2) is 58.5 Å². The van der Waals surface area contributed by atoms with Gasteiger partial charge in [0, 0.05) is 23.1 Å². The molecule has 1 heterocycles. The van der Waals surface area contributed by atoms with Crippen LogP contribution in [-0.4, -0.2) is 34.6 Å². The van der Waals surface area contributed by atoms with Gasteiger partial charge >= 0.3 is 5.97 Å². The van der Waals surface area contributed by atoms with Crippen molar-refractivity contribution >= 4 is 40.7 Å². The van der Waals surface area contributed by atoms with E-state index in [0.717, 1.165) is 11.1 Å². The molecule has 0 saturated heterocycles. The first kappa shape index (κ1) is 18.6. The number of rotatable bonds is 3. The Morgan fingerprint density at radius 3 is 2.52 bits per heavy atom. The van der Waals surface area contributed by atoms with Gasteiger partial charge in [0.05, 0.1) is 17.8 Å². The van der Waals surface area contributed by atoms with E-state index in [9.17, 15) is 14.7 Å². The van der Waals surface area contributed by atoms with Crippen LogP contribution in [0.4, 0.5) is 5.69 Å². The Bertz CT molecular complexity index is 938. The number of hydrazine groups is 1. The van der Waals surface area contributed by atoms with Crippen molar-refractivity contribution in [2.75, 3.05) is 0 Å². The highest BCUT2D eigenvalue weighted by Crippen LogP contribution is 2.27. The highest BCUT2D eigenvalue weighted by molar-refractivity contribution is 6.30. The van der Waals surface area contributed by atoms with Crippen molar-refractivity contribution in [3.8, 4) is 0 Å². The number of hydrogen-bond donors (Lipinski definition) is 3. The van der Waals surface area contributed by atoms with Crippen LogP contribution in [0.3, 0.4) is 0 Å². The molecule has 0 bridgehead atoms. The van der Waals surface area contributed by atoms with Crippen LogP contribution < -0.4 is 10.9 Å². The van der Waals surface area contributed by atoms with E-state index < -0.39 is 12.0 Å². The zero-order valence-electron chi connectivity index (χ0n) is 14.4. The molecule has 3 N–H and O–H groups in total. The molecule has 7 nitrogen and oxygen atoms in total. The second-order valence-corrected chi connectivity index (χ2v) is 6.36. The van der Waals surface area contributed by atoms with E-state index in [1.54, 1.807) is 18.2 Å². The Hall–Kier alpha value is -3.19. The summed E-state index contributed by atoms with van der Waals surface area (Å²) in [5.41, 5.74) is 7.91. The van der Waals surface area contributed by atoms with E-state index in [0.29, 0.717) is 16.4 Å². The highest BCUT2D eigenvalue weighted by atomic mass is 35.5. The summed E-state index contributed by atoms with van der Waals surface area (Å²) in [6, 6.07) is 13.7. The van der Waals surface area contributed by atoms with E-state index in [4.69, 9.17) is 11.6 Å². The monoisotopic (exact) mass is 384 g/mol. The third-order valence-electron chi connectivity index (χ3n) is 3.85. The van der Waals surface area contributed by atoms with Crippen LogP contribution >= 0.6 is 11.6 Å². The maximum atomic E-state index is 11.4. The molecule has 0 saturated carbocycles. The van der Waals surface area contributed by atoms with Crippen molar-refractivity contribution in [1.29, 1.82) is 0 Å². The molecule has 0 aromatic heterocycles. The molecule has 8 heteroatoms. The van der Waals surface area contributed by atoms with Crippen molar-refractivity contribution in [3.05, 3.63) is 64.7 Å². The number of carbonyl (C=O) groups is 2. The SMILES string of the molecule is CC(=O)NNC1=Nc2ccccc2C(c2ccc(Cl)cc2)=N[C@H]1CC(=O)O. The van der Waals surface area contributed by atoms with Gasteiger partial charge in [-0.3, -0.25) is 25.4 Å². The molecule has 1 atom stereocenters. The molecule has 0 fully saturated rings. The number of aliphatic imine (C=N–C) groups is 2. The number of carboxylic acids is 1. The maximum Gasteiger partial charge on any atom is 0.306 e. The Morgan fingerprint density at radius 2 is 1.85 bits per heavy atom. The van der Waals surface area contributed by atoms with Crippen molar-refractivity contribution in [3.63, 3.8) is 0 Å². The normalized spacial score (nSPS) is 15.7. The summed E-state index contributed by atoms with van der Waals surface area (Å²) >= 11 is 5.98. The van der Waals surface area contributed by atoms with Crippen LogP contribution in [0.1, 0.15) is 24.5 Å². The second-order valence-electron chi connectivity index (χ2n) is 5.92. The van der Waals surface area contributed by atoms with Gasteiger partial charge < -0.3 is 5.11 Å². The summed E-state index contributed by atoms with van der Waals surface area (Å²) in [4.78, 5) is 31.8. The number of benzene rings is 2. The number of fused-ring (bicyclic) bond motifs is 1. The van der Waals surface area contributed by atoms with Gasteiger partial charge in [-0.2, -0.15) is 0 Å². The van der Waals surface area contributed by atoms with Gasteiger partial charge in [-0.05, 0) is 18.2 Å². The van der Waals surface area contributed by atoms with Crippen molar-refractivity contribution in [2.45, 2.75) is 19.4 Å². The first-order chi connectivity index (χ1) is 12.9. The van der Waals surface area contributed by atoms with E-state index in [1.165, 1.54) is 6.92 Å². The fourth-order valence-electron chi connectivity index (χ4n) is 2.67. The van der Waals surface area contributed by atoms with E-state index in [-0.39, 0.29) is 18.2 Å². The van der Waals surface area contributed by atoms with Gasteiger partial charge in [-0.1, -0.05) is 41.9 Å². The number of hydrogen-bond acceptors (Lipinski definition) is 5. The number of amides is 1. The fraction of sp³-hybridized carbons (Fsp3) is 0.158. The van der Waals surface area contributed by atoms with Gasteiger partial charge in [0.15, 0.2) is 0 Å². The lowest BCUT2D eigenvalue weighted by Gasteiger charge is -2.15. The molecular formula is C19H17ClN4O3. The van der Waals surface area contributed by atoms with E-state index in [1.807, 2.05) is 30.3 Å². The summed E-state index contributed by atoms with van der Waals surface area (Å²) in [6.45, 7) is 1.34. The van der Waals surface area contributed by atoms with Crippen LogP contribution in [0.25, 0.3) is 0 Å². The number of halogens is 1. The van der Waals surface area contributed by atoms with Crippen LogP contribution in [0.5, 0.6) is 0 Å². The Balaban J connectivity index is 2.13.